The Kier molecular flexibility index (Phi) is 11.6. The molecule has 1 atom stereocenters. The average molecular weight is 648 g/mol. The van der Waals surface area contributed by atoms with E-state index in [1.807, 2.05) is 44.2 Å². The molecule has 0 bridgehead atoms. The second kappa shape index (κ2) is 15.6. The third-order valence-electron chi connectivity index (χ3n) is 7.30. The van der Waals surface area contributed by atoms with Gasteiger partial charge < -0.3 is 15.0 Å². The van der Waals surface area contributed by atoms with Crippen LogP contribution in [-0.4, -0.2) is 51.4 Å². The monoisotopic (exact) mass is 647 g/mol. The molecule has 10 heteroatoms. The van der Waals surface area contributed by atoms with E-state index in [0.29, 0.717) is 23.7 Å². The molecule has 0 aliphatic heterocycles. The molecule has 0 fully saturated rings. The summed E-state index contributed by atoms with van der Waals surface area (Å²) in [5.74, 6) is -0.590. The van der Waals surface area contributed by atoms with E-state index in [0.717, 1.165) is 21.0 Å². The van der Waals surface area contributed by atoms with Crippen molar-refractivity contribution in [2.45, 2.75) is 44.2 Å². The maximum atomic E-state index is 14.5. The lowest BCUT2D eigenvalue weighted by Gasteiger charge is -2.34. The quantitative estimate of drug-likeness (QED) is 0.181. The summed E-state index contributed by atoms with van der Waals surface area (Å²) in [4.78, 5) is 29.8. The maximum Gasteiger partial charge on any atom is 0.264 e. The third-order valence-corrected chi connectivity index (χ3v) is 9.33. The molecule has 0 radical (unpaired) electrons. The zero-order chi connectivity index (χ0) is 32.4. The number of hydrogen-bond donors (Lipinski definition) is 1. The minimum atomic E-state index is -4.24. The highest BCUT2D eigenvalue weighted by Gasteiger charge is 2.35. The highest BCUT2D eigenvalue weighted by atomic mass is 35.5. The molecule has 236 valence electrons. The van der Waals surface area contributed by atoms with Crippen LogP contribution in [0.4, 0.5) is 5.69 Å². The van der Waals surface area contributed by atoms with E-state index in [-0.39, 0.29) is 29.5 Å². The van der Waals surface area contributed by atoms with Crippen LogP contribution in [-0.2, 0) is 32.6 Å². The summed E-state index contributed by atoms with van der Waals surface area (Å²) >= 11 is 6.14. The Morgan fingerprint density at radius 1 is 0.889 bits per heavy atom. The molecular formula is C35H38ClN3O5S. The summed E-state index contributed by atoms with van der Waals surface area (Å²) in [6, 6.07) is 28.6. The van der Waals surface area contributed by atoms with Gasteiger partial charge in [0.2, 0.25) is 11.8 Å². The van der Waals surface area contributed by atoms with E-state index in [1.54, 1.807) is 60.7 Å². The normalized spacial score (nSPS) is 11.8. The van der Waals surface area contributed by atoms with Crippen LogP contribution >= 0.6 is 11.6 Å². The fourth-order valence-electron chi connectivity index (χ4n) is 4.93. The Balaban J connectivity index is 1.83. The number of methoxy groups -OCH3 is 1. The molecule has 4 aromatic rings. The molecule has 0 unspecified atom stereocenters. The minimum absolute atomic E-state index is 0.0205. The summed E-state index contributed by atoms with van der Waals surface area (Å²) < 4.78 is 35.0. The number of carbonyl (C=O) groups excluding carboxylic acids is 2. The maximum absolute atomic E-state index is 14.5. The number of halogens is 1. The van der Waals surface area contributed by atoms with Crippen molar-refractivity contribution in [3.05, 3.63) is 125 Å². The number of rotatable bonds is 14. The second-order valence-electron chi connectivity index (χ2n) is 10.6. The SMILES string of the molecule is CCCNC(=O)[C@H](Cc1ccccc1)N(Cc1ccc(Cl)cc1)C(=O)CN(c1cc(C)ccc1OC)S(=O)(=O)c1ccccc1. The Morgan fingerprint density at radius 3 is 2.16 bits per heavy atom. The number of carbonyl (C=O) groups is 2. The number of nitrogens with one attached hydrogen (secondary N) is 1. The largest absolute Gasteiger partial charge is 0.495 e. The van der Waals surface area contributed by atoms with Crippen molar-refractivity contribution < 1.29 is 22.7 Å². The molecular weight excluding hydrogens is 610 g/mol. The number of benzene rings is 4. The Bertz CT molecular complexity index is 1680. The van der Waals surface area contributed by atoms with Gasteiger partial charge in [-0.15, -0.1) is 0 Å². The van der Waals surface area contributed by atoms with Crippen molar-refractivity contribution in [2.24, 2.45) is 0 Å². The first-order chi connectivity index (χ1) is 21.6. The highest BCUT2D eigenvalue weighted by molar-refractivity contribution is 7.92. The molecule has 0 saturated heterocycles. The lowest BCUT2D eigenvalue weighted by Crippen LogP contribution is -2.53. The number of anilines is 1. The van der Waals surface area contributed by atoms with Crippen molar-refractivity contribution in [2.75, 3.05) is 24.5 Å². The smallest absolute Gasteiger partial charge is 0.264 e. The van der Waals surface area contributed by atoms with Crippen molar-refractivity contribution >= 4 is 39.1 Å². The molecule has 1 N–H and O–H groups in total. The van der Waals surface area contributed by atoms with Gasteiger partial charge >= 0.3 is 0 Å². The predicted molar refractivity (Wildman–Crippen MR) is 178 cm³/mol. The van der Waals surface area contributed by atoms with E-state index in [4.69, 9.17) is 16.3 Å². The van der Waals surface area contributed by atoms with Crippen molar-refractivity contribution in [3.63, 3.8) is 0 Å². The average Bonchev–Trinajstić information content (AvgIpc) is 3.05. The molecule has 0 aliphatic rings. The highest BCUT2D eigenvalue weighted by Crippen LogP contribution is 2.34. The minimum Gasteiger partial charge on any atom is -0.495 e. The Morgan fingerprint density at radius 2 is 1.53 bits per heavy atom. The number of hydrogen-bond acceptors (Lipinski definition) is 5. The van der Waals surface area contributed by atoms with E-state index < -0.39 is 28.5 Å². The number of sulfonamides is 1. The molecule has 0 aromatic heterocycles. The fourth-order valence-corrected chi connectivity index (χ4v) is 6.50. The molecule has 2 amide bonds. The van der Waals surface area contributed by atoms with Crippen LogP contribution < -0.4 is 14.4 Å². The summed E-state index contributed by atoms with van der Waals surface area (Å²) in [7, 11) is -2.79. The molecule has 0 spiro atoms. The summed E-state index contributed by atoms with van der Waals surface area (Å²) in [5, 5.41) is 3.48. The number of nitrogens with zero attached hydrogens (tertiary/aromatic N) is 2. The van der Waals surface area contributed by atoms with E-state index in [2.05, 4.69) is 5.32 Å². The number of aryl methyl sites for hydroxylation is 1. The standard InChI is InChI=1S/C35H38ClN3O5S/c1-4-21-37-35(41)32(23-27-11-7-5-8-12-27)38(24-28-16-18-29(36)19-17-28)34(40)25-39(31-22-26(2)15-20-33(31)44-3)45(42,43)30-13-9-6-10-14-30/h5-20,22,32H,4,21,23-25H2,1-3H3,(H,37,41)/t32-/m0/s1. The first-order valence-electron chi connectivity index (χ1n) is 14.7. The van der Waals surface area contributed by atoms with Gasteiger partial charge in [-0.3, -0.25) is 13.9 Å². The summed E-state index contributed by atoms with van der Waals surface area (Å²) in [5.41, 5.74) is 2.60. The van der Waals surface area contributed by atoms with Gasteiger partial charge in [0.05, 0.1) is 17.7 Å². The number of amides is 2. The van der Waals surface area contributed by atoms with Gasteiger partial charge in [-0.05, 0) is 66.4 Å². The third kappa shape index (κ3) is 8.65. The Hall–Kier alpha value is -4.34. The van der Waals surface area contributed by atoms with Crippen molar-refractivity contribution in [1.29, 1.82) is 0 Å². The van der Waals surface area contributed by atoms with E-state index >= 15 is 0 Å². The van der Waals surface area contributed by atoms with Crippen LogP contribution in [0.3, 0.4) is 0 Å². The van der Waals surface area contributed by atoms with Gasteiger partial charge in [-0.25, -0.2) is 8.42 Å². The zero-order valence-electron chi connectivity index (χ0n) is 25.6. The first-order valence-corrected chi connectivity index (χ1v) is 16.5. The van der Waals surface area contributed by atoms with Gasteiger partial charge in [0, 0.05) is 24.5 Å². The number of ether oxygens (including phenoxy) is 1. The zero-order valence-corrected chi connectivity index (χ0v) is 27.2. The van der Waals surface area contributed by atoms with E-state index in [9.17, 15) is 18.0 Å². The predicted octanol–water partition coefficient (Wildman–Crippen LogP) is 6.02. The van der Waals surface area contributed by atoms with Gasteiger partial charge in [-0.1, -0.05) is 85.3 Å². The molecule has 8 nitrogen and oxygen atoms in total. The van der Waals surface area contributed by atoms with Gasteiger partial charge in [0.25, 0.3) is 10.0 Å². The molecule has 45 heavy (non-hydrogen) atoms. The molecule has 4 rings (SSSR count). The van der Waals surface area contributed by atoms with Crippen LogP contribution in [0.1, 0.15) is 30.0 Å². The van der Waals surface area contributed by atoms with Gasteiger partial charge in [0.1, 0.15) is 18.3 Å². The van der Waals surface area contributed by atoms with Crippen LogP contribution in [0.2, 0.25) is 5.02 Å². The van der Waals surface area contributed by atoms with E-state index in [1.165, 1.54) is 24.1 Å². The fraction of sp³-hybridized carbons (Fsp3) is 0.257. The van der Waals surface area contributed by atoms with Gasteiger partial charge in [-0.2, -0.15) is 0 Å². The lowest BCUT2D eigenvalue weighted by molar-refractivity contribution is -0.140. The van der Waals surface area contributed by atoms with Crippen LogP contribution in [0.25, 0.3) is 0 Å². The van der Waals surface area contributed by atoms with Crippen molar-refractivity contribution in [3.8, 4) is 5.75 Å². The van der Waals surface area contributed by atoms with Crippen molar-refractivity contribution in [1.82, 2.24) is 10.2 Å². The molecule has 4 aromatic carbocycles. The van der Waals surface area contributed by atoms with Crippen LogP contribution in [0.5, 0.6) is 5.75 Å². The summed E-state index contributed by atoms with van der Waals surface area (Å²) in [6.07, 6.45) is 0.945. The Labute approximate surface area is 270 Å². The summed E-state index contributed by atoms with van der Waals surface area (Å²) in [6.45, 7) is 3.69. The molecule has 0 heterocycles. The van der Waals surface area contributed by atoms with Crippen LogP contribution in [0, 0.1) is 6.92 Å². The molecule has 0 aliphatic carbocycles. The molecule has 0 saturated carbocycles. The lowest BCUT2D eigenvalue weighted by atomic mass is 10.0. The van der Waals surface area contributed by atoms with Gasteiger partial charge in [0.15, 0.2) is 0 Å². The second-order valence-corrected chi connectivity index (χ2v) is 12.9. The van der Waals surface area contributed by atoms with Crippen LogP contribution in [0.15, 0.2) is 108 Å². The first kappa shape index (κ1) is 33.6. The topological polar surface area (TPSA) is 96.0 Å².